The first-order valence-electron chi connectivity index (χ1n) is 4.08. The van der Waals surface area contributed by atoms with Crippen LogP contribution in [0.3, 0.4) is 0 Å². The standard InChI is InChI=1S/C8H9N3O2/c9-8-7(11(12)13)3-6(4-10-8)5-1-2-5/h3-5H,1-2H2,(H2,9,10). The van der Waals surface area contributed by atoms with Crippen LogP contribution in [0.1, 0.15) is 24.3 Å². The monoisotopic (exact) mass is 179 g/mol. The van der Waals surface area contributed by atoms with Crippen LogP contribution in [0, 0.1) is 10.1 Å². The van der Waals surface area contributed by atoms with Crippen molar-refractivity contribution in [2.24, 2.45) is 0 Å². The van der Waals surface area contributed by atoms with E-state index >= 15 is 0 Å². The number of aromatic nitrogens is 1. The number of rotatable bonds is 2. The molecule has 2 N–H and O–H groups in total. The third kappa shape index (κ3) is 1.44. The normalized spacial score (nSPS) is 15.7. The second-order valence-corrected chi connectivity index (χ2v) is 3.20. The van der Waals surface area contributed by atoms with Gasteiger partial charge >= 0.3 is 5.69 Å². The van der Waals surface area contributed by atoms with E-state index in [9.17, 15) is 10.1 Å². The minimum atomic E-state index is -0.492. The summed E-state index contributed by atoms with van der Waals surface area (Å²) in [5.41, 5.74) is 6.21. The number of nitro groups is 1. The Morgan fingerprint density at radius 3 is 2.85 bits per heavy atom. The predicted molar refractivity (Wildman–Crippen MR) is 47.3 cm³/mol. The van der Waals surface area contributed by atoms with E-state index in [4.69, 9.17) is 5.73 Å². The van der Waals surface area contributed by atoms with Gasteiger partial charge in [0.15, 0.2) is 0 Å². The fourth-order valence-corrected chi connectivity index (χ4v) is 1.27. The lowest BCUT2D eigenvalue weighted by atomic mass is 10.2. The Morgan fingerprint density at radius 2 is 2.31 bits per heavy atom. The molecule has 0 radical (unpaired) electrons. The second-order valence-electron chi connectivity index (χ2n) is 3.20. The molecule has 0 unspecified atom stereocenters. The number of pyridine rings is 1. The zero-order chi connectivity index (χ0) is 9.42. The van der Waals surface area contributed by atoms with Crippen molar-refractivity contribution in [2.45, 2.75) is 18.8 Å². The number of anilines is 1. The Hall–Kier alpha value is -1.65. The molecular weight excluding hydrogens is 170 g/mol. The van der Waals surface area contributed by atoms with Crippen LogP contribution in [0.5, 0.6) is 0 Å². The van der Waals surface area contributed by atoms with E-state index < -0.39 is 4.92 Å². The highest BCUT2D eigenvalue weighted by Crippen LogP contribution is 2.41. The number of hydrogen-bond acceptors (Lipinski definition) is 4. The van der Waals surface area contributed by atoms with E-state index in [1.807, 2.05) is 0 Å². The zero-order valence-corrected chi connectivity index (χ0v) is 6.93. The van der Waals surface area contributed by atoms with Crippen LogP contribution in [-0.4, -0.2) is 9.91 Å². The van der Waals surface area contributed by atoms with Crippen molar-refractivity contribution in [3.63, 3.8) is 0 Å². The first-order valence-corrected chi connectivity index (χ1v) is 4.08. The minimum Gasteiger partial charge on any atom is -0.378 e. The highest BCUT2D eigenvalue weighted by atomic mass is 16.6. The molecule has 2 rings (SSSR count). The van der Waals surface area contributed by atoms with Crippen LogP contribution in [0.2, 0.25) is 0 Å². The fraction of sp³-hybridized carbons (Fsp3) is 0.375. The molecule has 0 saturated heterocycles. The Balaban J connectivity index is 2.41. The molecule has 0 spiro atoms. The van der Waals surface area contributed by atoms with E-state index in [1.54, 1.807) is 6.20 Å². The lowest BCUT2D eigenvalue weighted by molar-refractivity contribution is -0.384. The van der Waals surface area contributed by atoms with Crippen LogP contribution in [0.4, 0.5) is 11.5 Å². The molecule has 0 aromatic carbocycles. The highest BCUT2D eigenvalue weighted by molar-refractivity contribution is 5.53. The fourth-order valence-electron chi connectivity index (χ4n) is 1.27. The van der Waals surface area contributed by atoms with Crippen LogP contribution >= 0.6 is 0 Å². The molecule has 0 amide bonds. The van der Waals surface area contributed by atoms with E-state index in [2.05, 4.69) is 4.98 Å². The third-order valence-electron chi connectivity index (χ3n) is 2.16. The minimum absolute atomic E-state index is 0.00519. The van der Waals surface area contributed by atoms with E-state index in [0.717, 1.165) is 18.4 Å². The van der Waals surface area contributed by atoms with Crippen LogP contribution < -0.4 is 5.73 Å². The van der Waals surface area contributed by atoms with Gasteiger partial charge in [-0.1, -0.05) is 0 Å². The number of nitrogen functional groups attached to an aromatic ring is 1. The summed E-state index contributed by atoms with van der Waals surface area (Å²) >= 11 is 0. The maximum Gasteiger partial charge on any atom is 0.311 e. The van der Waals surface area contributed by atoms with Crippen molar-refractivity contribution in [1.82, 2.24) is 4.98 Å². The quantitative estimate of drug-likeness (QED) is 0.550. The van der Waals surface area contributed by atoms with Crippen LogP contribution in [0.25, 0.3) is 0 Å². The summed E-state index contributed by atoms with van der Waals surface area (Å²) in [5, 5.41) is 10.5. The first-order chi connectivity index (χ1) is 6.18. The van der Waals surface area contributed by atoms with Crippen molar-refractivity contribution >= 4 is 11.5 Å². The predicted octanol–water partition coefficient (Wildman–Crippen LogP) is 1.45. The van der Waals surface area contributed by atoms with Gasteiger partial charge in [0.2, 0.25) is 5.82 Å². The molecular formula is C8H9N3O2. The van der Waals surface area contributed by atoms with Gasteiger partial charge in [-0.05, 0) is 24.3 Å². The maximum atomic E-state index is 10.5. The molecule has 1 fully saturated rings. The summed E-state index contributed by atoms with van der Waals surface area (Å²) in [6, 6.07) is 1.53. The summed E-state index contributed by atoms with van der Waals surface area (Å²) in [6.07, 6.45) is 3.82. The Labute approximate surface area is 74.7 Å². The number of nitrogens with zero attached hydrogens (tertiary/aromatic N) is 2. The highest BCUT2D eigenvalue weighted by Gasteiger charge is 2.26. The molecule has 13 heavy (non-hydrogen) atoms. The summed E-state index contributed by atoms with van der Waals surface area (Å²) in [5.74, 6) is 0.459. The molecule has 68 valence electrons. The molecule has 1 heterocycles. The van der Waals surface area contributed by atoms with Crippen molar-refractivity contribution < 1.29 is 4.92 Å². The molecule has 1 aliphatic rings. The average Bonchev–Trinajstić information content (AvgIpc) is 2.87. The van der Waals surface area contributed by atoms with Gasteiger partial charge in [-0.2, -0.15) is 0 Å². The molecule has 5 heteroatoms. The largest absolute Gasteiger partial charge is 0.378 e. The summed E-state index contributed by atoms with van der Waals surface area (Å²) in [4.78, 5) is 13.8. The molecule has 5 nitrogen and oxygen atoms in total. The van der Waals surface area contributed by atoms with Crippen molar-refractivity contribution in [3.05, 3.63) is 27.9 Å². The third-order valence-corrected chi connectivity index (χ3v) is 2.16. The molecule has 1 aromatic heterocycles. The van der Waals surface area contributed by atoms with Gasteiger partial charge in [0, 0.05) is 12.3 Å². The van der Waals surface area contributed by atoms with E-state index in [1.165, 1.54) is 6.07 Å². The summed E-state index contributed by atoms with van der Waals surface area (Å²) in [6.45, 7) is 0. The van der Waals surface area contributed by atoms with Crippen molar-refractivity contribution in [3.8, 4) is 0 Å². The van der Waals surface area contributed by atoms with E-state index in [-0.39, 0.29) is 11.5 Å². The molecule has 0 bridgehead atoms. The van der Waals surface area contributed by atoms with E-state index in [0.29, 0.717) is 5.92 Å². The maximum absolute atomic E-state index is 10.5. The summed E-state index contributed by atoms with van der Waals surface area (Å²) in [7, 11) is 0. The Kier molecular flexibility index (Phi) is 1.65. The van der Waals surface area contributed by atoms with Crippen molar-refractivity contribution in [1.29, 1.82) is 0 Å². The van der Waals surface area contributed by atoms with Gasteiger partial charge < -0.3 is 5.73 Å². The second kappa shape index (κ2) is 2.69. The van der Waals surface area contributed by atoms with Crippen LogP contribution in [-0.2, 0) is 0 Å². The molecule has 1 aromatic rings. The summed E-state index contributed by atoms with van der Waals surface area (Å²) < 4.78 is 0. The number of hydrogen-bond donors (Lipinski definition) is 1. The molecule has 1 aliphatic carbocycles. The van der Waals surface area contributed by atoms with Gasteiger partial charge in [0.1, 0.15) is 0 Å². The molecule has 0 aliphatic heterocycles. The molecule has 1 saturated carbocycles. The Bertz CT molecular complexity index is 360. The smallest absolute Gasteiger partial charge is 0.311 e. The van der Waals surface area contributed by atoms with Gasteiger partial charge in [0.25, 0.3) is 0 Å². The van der Waals surface area contributed by atoms with Crippen molar-refractivity contribution in [2.75, 3.05) is 5.73 Å². The lowest BCUT2D eigenvalue weighted by Gasteiger charge is -1.99. The lowest BCUT2D eigenvalue weighted by Crippen LogP contribution is -1.99. The van der Waals surface area contributed by atoms with Gasteiger partial charge in [-0.3, -0.25) is 10.1 Å². The average molecular weight is 179 g/mol. The van der Waals surface area contributed by atoms with Gasteiger partial charge in [-0.25, -0.2) is 4.98 Å². The topological polar surface area (TPSA) is 82.0 Å². The van der Waals surface area contributed by atoms with Gasteiger partial charge in [-0.15, -0.1) is 0 Å². The van der Waals surface area contributed by atoms with Crippen LogP contribution in [0.15, 0.2) is 12.3 Å². The Morgan fingerprint density at radius 1 is 1.62 bits per heavy atom. The van der Waals surface area contributed by atoms with Gasteiger partial charge in [0.05, 0.1) is 4.92 Å². The molecule has 0 atom stereocenters. The number of nitrogens with two attached hydrogens (primary N) is 1. The SMILES string of the molecule is Nc1ncc(C2CC2)cc1[N+](=O)[O-]. The first kappa shape index (κ1) is 7.97. The zero-order valence-electron chi connectivity index (χ0n) is 6.93.